The minimum Gasteiger partial charge on any atom is -0.509 e. The number of aryl methyl sites for hydroxylation is 4. The van der Waals surface area contributed by atoms with E-state index >= 15 is 0 Å². The van der Waals surface area contributed by atoms with Crippen molar-refractivity contribution in [3.05, 3.63) is 131 Å². The number of aromatic nitrogens is 4. The van der Waals surface area contributed by atoms with E-state index in [0.717, 1.165) is 68.0 Å². The maximum absolute atomic E-state index is 6.53. The van der Waals surface area contributed by atoms with Gasteiger partial charge in [0.25, 0.3) is 0 Å². The summed E-state index contributed by atoms with van der Waals surface area (Å²) in [6, 6.07) is 36.8. The van der Waals surface area contributed by atoms with Gasteiger partial charge in [-0.15, -0.1) is 35.7 Å². The number of pyridine rings is 1. The van der Waals surface area contributed by atoms with Crippen LogP contribution in [-0.2, 0) is 27.5 Å². The van der Waals surface area contributed by atoms with E-state index in [-0.39, 0.29) is 21.1 Å². The van der Waals surface area contributed by atoms with Crippen molar-refractivity contribution in [1.82, 2.24) is 19.3 Å². The number of ether oxygens (including phenoxy) is 1. The third-order valence-corrected chi connectivity index (χ3v) is 9.26. The summed E-state index contributed by atoms with van der Waals surface area (Å²) in [5.41, 5.74) is 11.2. The molecular formula is C44H44N4OPt. The van der Waals surface area contributed by atoms with Gasteiger partial charge in [0.15, 0.2) is 0 Å². The van der Waals surface area contributed by atoms with Crippen molar-refractivity contribution in [2.24, 2.45) is 5.41 Å². The van der Waals surface area contributed by atoms with Crippen LogP contribution in [0.15, 0.2) is 91.1 Å². The largest absolute Gasteiger partial charge is 2.00 e. The molecule has 0 N–H and O–H groups in total. The average Bonchev–Trinajstić information content (AvgIpc) is 3.55. The molecule has 0 aliphatic heterocycles. The second kappa shape index (κ2) is 14.4. The zero-order chi connectivity index (χ0) is 34.3. The van der Waals surface area contributed by atoms with E-state index in [1.165, 1.54) is 30.2 Å². The fraction of sp³-hybridized carbons (Fsp3) is 0.273. The molecule has 0 radical (unpaired) electrons. The number of hydrogen-bond acceptors (Lipinski definition) is 3. The zero-order valence-electron chi connectivity index (χ0n) is 30.0. The van der Waals surface area contributed by atoms with Crippen LogP contribution in [0.2, 0.25) is 0 Å². The number of rotatable bonds is 9. The number of nitrogens with zero attached hydrogens (tertiary/aromatic N) is 4. The van der Waals surface area contributed by atoms with Gasteiger partial charge in [-0.2, -0.15) is 16.7 Å². The molecule has 50 heavy (non-hydrogen) atoms. The van der Waals surface area contributed by atoms with Gasteiger partial charge in [0, 0.05) is 34.5 Å². The minimum atomic E-state index is 0. The second-order valence-corrected chi connectivity index (χ2v) is 14.6. The third kappa shape index (κ3) is 7.35. The van der Waals surface area contributed by atoms with Crippen molar-refractivity contribution in [2.45, 2.75) is 74.1 Å². The summed E-state index contributed by atoms with van der Waals surface area (Å²) in [4.78, 5) is 4.78. The van der Waals surface area contributed by atoms with Crippen molar-refractivity contribution in [3.8, 4) is 34.1 Å². The summed E-state index contributed by atoms with van der Waals surface area (Å²) in [7, 11) is 0. The van der Waals surface area contributed by atoms with E-state index in [9.17, 15) is 0 Å². The Morgan fingerprint density at radius 3 is 2.32 bits per heavy atom. The Morgan fingerprint density at radius 2 is 1.56 bits per heavy atom. The molecule has 0 unspecified atom stereocenters. The molecule has 0 amide bonds. The van der Waals surface area contributed by atoms with Gasteiger partial charge < -0.3 is 9.30 Å². The number of fused-ring (bicyclic) bond motifs is 3. The molecule has 0 bridgehead atoms. The molecule has 7 rings (SSSR count). The Hall–Kier alpha value is -4.47. The fourth-order valence-corrected chi connectivity index (χ4v) is 6.90. The van der Waals surface area contributed by atoms with Gasteiger partial charge in [-0.1, -0.05) is 82.1 Å². The molecule has 0 aliphatic carbocycles. The first-order valence-corrected chi connectivity index (χ1v) is 17.3. The molecule has 0 saturated heterocycles. The molecule has 7 aromatic rings. The Labute approximate surface area is 310 Å². The van der Waals surface area contributed by atoms with Crippen molar-refractivity contribution in [3.63, 3.8) is 0 Å². The molecule has 0 saturated carbocycles. The van der Waals surface area contributed by atoms with Gasteiger partial charge in [0.1, 0.15) is 5.82 Å². The normalized spacial score (nSPS) is 11.7. The maximum atomic E-state index is 6.53. The van der Waals surface area contributed by atoms with Crippen LogP contribution >= 0.6 is 0 Å². The number of hydrogen-bond donors (Lipinski definition) is 0. The van der Waals surface area contributed by atoms with Crippen LogP contribution in [0.3, 0.4) is 0 Å². The van der Waals surface area contributed by atoms with Crippen molar-refractivity contribution < 1.29 is 25.8 Å². The Bertz CT molecular complexity index is 2290. The van der Waals surface area contributed by atoms with Crippen LogP contribution in [-0.4, -0.2) is 19.3 Å². The van der Waals surface area contributed by atoms with Crippen LogP contribution in [0, 0.1) is 45.2 Å². The van der Waals surface area contributed by atoms with Crippen molar-refractivity contribution in [2.75, 3.05) is 0 Å². The topological polar surface area (TPSA) is 44.9 Å². The van der Waals surface area contributed by atoms with Crippen LogP contribution in [0.5, 0.6) is 11.5 Å². The molecule has 6 heteroatoms. The predicted octanol–water partition coefficient (Wildman–Crippen LogP) is 11.4. The summed E-state index contributed by atoms with van der Waals surface area (Å²) in [6.07, 6.45) is 6.60. The Morgan fingerprint density at radius 1 is 0.760 bits per heavy atom. The zero-order valence-corrected chi connectivity index (χ0v) is 32.3. The van der Waals surface area contributed by atoms with Crippen LogP contribution < -0.4 is 4.74 Å². The van der Waals surface area contributed by atoms with Gasteiger partial charge in [0.2, 0.25) is 0 Å². The molecule has 256 valence electrons. The molecule has 5 nitrogen and oxygen atoms in total. The maximum Gasteiger partial charge on any atom is 2.00 e. The summed E-state index contributed by atoms with van der Waals surface area (Å²) in [5.74, 6) is 2.11. The summed E-state index contributed by atoms with van der Waals surface area (Å²) in [5, 5.41) is 7.25. The van der Waals surface area contributed by atoms with Crippen LogP contribution in [0.1, 0.15) is 68.1 Å². The first kappa shape index (κ1) is 35.4. The van der Waals surface area contributed by atoms with Crippen LogP contribution in [0.4, 0.5) is 0 Å². The van der Waals surface area contributed by atoms with E-state index < -0.39 is 0 Å². The number of benzene rings is 4. The van der Waals surface area contributed by atoms with Gasteiger partial charge in [-0.3, -0.25) is 4.68 Å². The van der Waals surface area contributed by atoms with Gasteiger partial charge in [-0.25, -0.2) is 4.98 Å². The molecule has 0 fully saturated rings. The first-order chi connectivity index (χ1) is 23.5. The molecule has 3 aromatic heterocycles. The standard InChI is InChI=1S/C44H44N4O.Pt/c1-29-20-22-45-42(25-29)47-40-19-16-33(13-11-12-21-44(5,6)7)26-39(40)38-18-17-36(28-41(38)47)49-37-24-30(2)23-35(27-37)48-32(4)43(31(3)46-48)34-14-9-8-10-15-34;/h8-10,14-20,22-26H,11-13,21H2,1-7H3;/q-2;+2. The minimum absolute atomic E-state index is 0. The monoisotopic (exact) mass is 839 g/mol. The summed E-state index contributed by atoms with van der Waals surface area (Å²) in [6.45, 7) is 15.3. The molecular weight excluding hydrogens is 796 g/mol. The molecule has 4 aromatic carbocycles. The second-order valence-electron chi connectivity index (χ2n) is 14.6. The average molecular weight is 840 g/mol. The van der Waals surface area contributed by atoms with Crippen molar-refractivity contribution >= 4 is 21.8 Å². The van der Waals surface area contributed by atoms with Gasteiger partial charge in [-0.05, 0) is 91.4 Å². The van der Waals surface area contributed by atoms with Gasteiger partial charge in [0.05, 0.1) is 5.69 Å². The molecule has 3 heterocycles. The van der Waals surface area contributed by atoms with Gasteiger partial charge >= 0.3 is 21.1 Å². The quantitative estimate of drug-likeness (QED) is 0.107. The van der Waals surface area contributed by atoms with E-state index in [0.29, 0.717) is 16.9 Å². The number of unbranched alkanes of at least 4 members (excludes halogenated alkanes) is 1. The third-order valence-electron chi connectivity index (χ3n) is 9.26. The fourth-order valence-electron chi connectivity index (χ4n) is 6.90. The Balaban J connectivity index is 0.00000432. The van der Waals surface area contributed by atoms with Crippen LogP contribution in [0.25, 0.3) is 44.4 Å². The van der Waals surface area contributed by atoms with E-state index in [1.54, 1.807) is 0 Å². The molecule has 0 aliphatic rings. The van der Waals surface area contributed by atoms with E-state index in [1.807, 2.05) is 35.1 Å². The predicted molar refractivity (Wildman–Crippen MR) is 201 cm³/mol. The SMILES string of the molecule is Cc1cc(Oc2[c-]c3c(cc2)c2cc(CCCCC(C)(C)C)ccc2n3-c2cc(C)ccn2)[c-]c(-n2nc(C)c(-c3ccccc3)c2C)c1.[Pt+2]. The van der Waals surface area contributed by atoms with E-state index in [4.69, 9.17) is 14.8 Å². The summed E-state index contributed by atoms with van der Waals surface area (Å²) < 4.78 is 10.7. The molecule has 0 spiro atoms. The summed E-state index contributed by atoms with van der Waals surface area (Å²) >= 11 is 0. The smallest absolute Gasteiger partial charge is 0.509 e. The Kier molecular flexibility index (Phi) is 10.2. The first-order valence-electron chi connectivity index (χ1n) is 17.3. The van der Waals surface area contributed by atoms with Crippen molar-refractivity contribution in [1.29, 1.82) is 0 Å². The van der Waals surface area contributed by atoms with E-state index in [2.05, 4.69) is 126 Å². The molecule has 0 atom stereocenters.